The van der Waals surface area contributed by atoms with Gasteiger partial charge in [-0.1, -0.05) is 18.2 Å². The molecule has 64 valence electrons. The molecule has 0 aromatic carbocycles. The highest BCUT2D eigenvalue weighted by Gasteiger charge is 2.12. The predicted molar refractivity (Wildman–Crippen MR) is 46.6 cm³/mol. The molecule has 0 fully saturated rings. The van der Waals surface area contributed by atoms with E-state index in [0.29, 0.717) is 0 Å². The zero-order valence-electron chi connectivity index (χ0n) is 6.82. The Balaban J connectivity index is 2.94. The lowest BCUT2D eigenvalue weighted by atomic mass is 10.0. The van der Waals surface area contributed by atoms with Crippen LogP contribution in [0, 0.1) is 0 Å². The first-order valence-corrected chi connectivity index (χ1v) is 3.62. The summed E-state index contributed by atoms with van der Waals surface area (Å²) in [6, 6.07) is 0. The molecule has 0 aromatic rings. The molecular weight excluding hydrogens is 154 g/mol. The van der Waals surface area contributed by atoms with Gasteiger partial charge in [0.25, 0.3) is 0 Å². The maximum absolute atomic E-state index is 10.5. The third-order valence-electron chi connectivity index (χ3n) is 1.60. The minimum atomic E-state index is -0.936. The van der Waals surface area contributed by atoms with Crippen LogP contribution in [0.3, 0.4) is 0 Å². The summed E-state index contributed by atoms with van der Waals surface area (Å²) < 4.78 is 0. The second-order valence-electron chi connectivity index (χ2n) is 2.99. The Labute approximate surface area is 70.9 Å². The van der Waals surface area contributed by atoms with Crippen LogP contribution in [0.4, 0.5) is 0 Å². The third-order valence-corrected chi connectivity index (χ3v) is 1.60. The fraction of sp³-hybridized carbons (Fsp3) is 0.222. The van der Waals surface area contributed by atoms with E-state index in [4.69, 9.17) is 10.8 Å². The van der Waals surface area contributed by atoms with Crippen molar-refractivity contribution in [3.05, 3.63) is 36.0 Å². The molecule has 1 atom stereocenters. The van der Waals surface area contributed by atoms with E-state index in [-0.39, 0.29) is 5.57 Å². The summed E-state index contributed by atoms with van der Waals surface area (Å²) in [5.41, 5.74) is 5.44. The number of carboxylic acid groups (broad SMARTS) is 1. The van der Waals surface area contributed by atoms with Crippen molar-refractivity contribution in [2.45, 2.75) is 12.5 Å². The van der Waals surface area contributed by atoms with Gasteiger partial charge in [0, 0.05) is 0 Å². The maximum Gasteiger partial charge on any atom is 0.335 e. The summed E-state index contributed by atoms with van der Waals surface area (Å²) in [4.78, 5) is 10.5. The minimum Gasteiger partial charge on any atom is -0.478 e. The molecular formula is C9H11NO2. The number of hydrogen-bond donors (Lipinski definition) is 2. The molecule has 0 saturated carbocycles. The van der Waals surface area contributed by atoms with Crippen LogP contribution in [0.5, 0.6) is 0 Å². The molecule has 0 spiro atoms. The van der Waals surface area contributed by atoms with Gasteiger partial charge in [-0.05, 0) is 19.1 Å². The van der Waals surface area contributed by atoms with Gasteiger partial charge in [0.2, 0.25) is 0 Å². The van der Waals surface area contributed by atoms with E-state index in [0.717, 1.165) is 0 Å². The van der Waals surface area contributed by atoms with E-state index in [1.54, 1.807) is 25.2 Å². The van der Waals surface area contributed by atoms with E-state index < -0.39 is 11.5 Å². The Hall–Kier alpha value is -1.35. The van der Waals surface area contributed by atoms with Crippen molar-refractivity contribution >= 4 is 5.97 Å². The van der Waals surface area contributed by atoms with Crippen LogP contribution in [0.1, 0.15) is 6.92 Å². The Morgan fingerprint density at radius 1 is 1.58 bits per heavy atom. The Bertz CT molecular complexity index is 285. The number of carbonyl (C=O) groups is 1. The van der Waals surface area contributed by atoms with E-state index in [2.05, 4.69) is 0 Å². The normalized spacial score (nSPS) is 28.0. The van der Waals surface area contributed by atoms with Crippen LogP contribution in [0.25, 0.3) is 0 Å². The van der Waals surface area contributed by atoms with Gasteiger partial charge < -0.3 is 10.8 Å². The van der Waals surface area contributed by atoms with Crippen LogP contribution >= 0.6 is 0 Å². The highest BCUT2D eigenvalue weighted by atomic mass is 16.4. The largest absolute Gasteiger partial charge is 0.478 e. The summed E-state index contributed by atoms with van der Waals surface area (Å²) in [6.45, 7) is 1.80. The molecule has 1 rings (SSSR count). The van der Waals surface area contributed by atoms with Gasteiger partial charge in [-0.25, -0.2) is 4.79 Å². The zero-order chi connectivity index (χ0) is 9.19. The first kappa shape index (κ1) is 8.74. The monoisotopic (exact) mass is 165 g/mol. The standard InChI is InChI=1S/C9H11NO2/c1-9(10)5-2-3-7(4-6-9)8(11)12/h2-6H,10H2,1H3,(H,11,12). The van der Waals surface area contributed by atoms with E-state index in [1.165, 1.54) is 12.2 Å². The van der Waals surface area contributed by atoms with Gasteiger partial charge in [-0.15, -0.1) is 0 Å². The van der Waals surface area contributed by atoms with Crippen molar-refractivity contribution in [3.8, 4) is 0 Å². The number of nitrogens with two attached hydrogens (primary N) is 1. The van der Waals surface area contributed by atoms with Gasteiger partial charge in [0.1, 0.15) is 0 Å². The van der Waals surface area contributed by atoms with Gasteiger partial charge in [0.15, 0.2) is 0 Å². The molecule has 0 aromatic heterocycles. The lowest BCUT2D eigenvalue weighted by Crippen LogP contribution is -2.30. The van der Waals surface area contributed by atoms with Gasteiger partial charge in [-0.3, -0.25) is 0 Å². The second-order valence-corrected chi connectivity index (χ2v) is 2.99. The molecule has 0 amide bonds. The van der Waals surface area contributed by atoms with Crippen molar-refractivity contribution in [1.82, 2.24) is 0 Å². The lowest BCUT2D eigenvalue weighted by Gasteiger charge is -2.12. The molecule has 0 bridgehead atoms. The van der Waals surface area contributed by atoms with Crippen LogP contribution in [-0.2, 0) is 4.79 Å². The zero-order valence-corrected chi connectivity index (χ0v) is 6.82. The first-order chi connectivity index (χ1) is 5.51. The number of carboxylic acids is 1. The average molecular weight is 165 g/mol. The van der Waals surface area contributed by atoms with Gasteiger partial charge in [0.05, 0.1) is 11.1 Å². The minimum absolute atomic E-state index is 0.250. The first-order valence-electron chi connectivity index (χ1n) is 3.62. The molecule has 1 aliphatic carbocycles. The molecule has 0 saturated heterocycles. The predicted octanol–water partition coefficient (Wildman–Crippen LogP) is 0.841. The molecule has 3 N–H and O–H groups in total. The summed E-state index contributed by atoms with van der Waals surface area (Å²) >= 11 is 0. The van der Waals surface area contributed by atoms with Crippen LogP contribution in [0.15, 0.2) is 36.0 Å². The Morgan fingerprint density at radius 3 is 2.83 bits per heavy atom. The summed E-state index contributed by atoms with van der Waals surface area (Å²) in [6.07, 6.45) is 8.11. The molecule has 12 heavy (non-hydrogen) atoms. The van der Waals surface area contributed by atoms with E-state index >= 15 is 0 Å². The van der Waals surface area contributed by atoms with Gasteiger partial charge >= 0.3 is 5.97 Å². The summed E-state index contributed by atoms with van der Waals surface area (Å²) in [5.74, 6) is -0.936. The van der Waals surface area contributed by atoms with Crippen LogP contribution in [-0.4, -0.2) is 16.6 Å². The molecule has 3 nitrogen and oxygen atoms in total. The maximum atomic E-state index is 10.5. The number of aliphatic carboxylic acids is 1. The van der Waals surface area contributed by atoms with Gasteiger partial charge in [-0.2, -0.15) is 0 Å². The highest BCUT2D eigenvalue weighted by molar-refractivity contribution is 5.90. The van der Waals surface area contributed by atoms with Crippen LogP contribution in [0.2, 0.25) is 0 Å². The highest BCUT2D eigenvalue weighted by Crippen LogP contribution is 2.11. The fourth-order valence-corrected chi connectivity index (χ4v) is 0.882. The smallest absolute Gasteiger partial charge is 0.335 e. The number of allylic oxidation sites excluding steroid dienone is 2. The number of hydrogen-bond acceptors (Lipinski definition) is 2. The van der Waals surface area contributed by atoms with Crippen molar-refractivity contribution in [2.24, 2.45) is 5.73 Å². The quantitative estimate of drug-likeness (QED) is 0.605. The Kier molecular flexibility index (Phi) is 2.15. The molecule has 1 unspecified atom stereocenters. The molecule has 3 heteroatoms. The molecule has 0 heterocycles. The van der Waals surface area contributed by atoms with E-state index in [1.807, 2.05) is 0 Å². The molecule has 1 aliphatic rings. The van der Waals surface area contributed by atoms with E-state index in [9.17, 15) is 4.79 Å². The van der Waals surface area contributed by atoms with Crippen molar-refractivity contribution in [1.29, 1.82) is 0 Å². The second kappa shape index (κ2) is 2.95. The topological polar surface area (TPSA) is 63.3 Å². The molecule has 0 radical (unpaired) electrons. The van der Waals surface area contributed by atoms with Crippen molar-refractivity contribution in [3.63, 3.8) is 0 Å². The number of rotatable bonds is 1. The van der Waals surface area contributed by atoms with Crippen LogP contribution < -0.4 is 5.73 Å². The van der Waals surface area contributed by atoms with Crippen molar-refractivity contribution in [2.75, 3.05) is 0 Å². The average Bonchev–Trinajstić information content (AvgIpc) is 2.10. The lowest BCUT2D eigenvalue weighted by molar-refractivity contribution is -0.132. The Morgan fingerprint density at radius 2 is 2.25 bits per heavy atom. The third kappa shape index (κ3) is 2.07. The fourth-order valence-electron chi connectivity index (χ4n) is 0.882. The SMILES string of the molecule is CC1(N)C=CC=C(C(=O)O)C=C1. The molecule has 0 aliphatic heterocycles. The summed E-state index contributed by atoms with van der Waals surface area (Å²) in [5, 5.41) is 8.64. The summed E-state index contributed by atoms with van der Waals surface area (Å²) in [7, 11) is 0. The van der Waals surface area contributed by atoms with Crippen molar-refractivity contribution < 1.29 is 9.90 Å².